The fourth-order valence-corrected chi connectivity index (χ4v) is 4.81. The van der Waals surface area contributed by atoms with E-state index >= 15 is 0 Å². The Bertz CT molecular complexity index is 762. The van der Waals surface area contributed by atoms with Crippen LogP contribution in [0.5, 0.6) is 0 Å². The minimum absolute atomic E-state index is 0.161. The van der Waals surface area contributed by atoms with Gasteiger partial charge in [-0.1, -0.05) is 41.9 Å². The molecule has 0 aliphatic carbocycles. The fourth-order valence-electron chi connectivity index (χ4n) is 4.68. The maximum atomic E-state index is 13.1. The SMILES string of the molecule is O=C(c1ccc(Cl)cc1)N1CCC[C@H]1[C@@H]1CCCN(Cc2ccccc2)C1. The molecule has 2 aliphatic rings. The highest BCUT2D eigenvalue weighted by atomic mass is 35.5. The Hall–Kier alpha value is -1.84. The van der Waals surface area contributed by atoms with Gasteiger partial charge in [-0.2, -0.15) is 0 Å². The summed E-state index contributed by atoms with van der Waals surface area (Å²) in [4.78, 5) is 17.7. The molecule has 4 heteroatoms. The number of carbonyl (C=O) groups excluding carboxylic acids is 1. The Morgan fingerprint density at radius 2 is 1.70 bits per heavy atom. The van der Waals surface area contributed by atoms with Crippen molar-refractivity contribution in [1.29, 1.82) is 0 Å². The van der Waals surface area contributed by atoms with Crippen molar-refractivity contribution in [3.63, 3.8) is 0 Å². The molecule has 142 valence electrons. The van der Waals surface area contributed by atoms with Crippen LogP contribution in [0.1, 0.15) is 41.6 Å². The number of carbonyl (C=O) groups is 1. The molecule has 27 heavy (non-hydrogen) atoms. The van der Waals surface area contributed by atoms with Crippen molar-refractivity contribution in [2.45, 2.75) is 38.3 Å². The first-order chi connectivity index (χ1) is 13.2. The lowest BCUT2D eigenvalue weighted by molar-refractivity contribution is 0.0589. The van der Waals surface area contributed by atoms with Crippen LogP contribution in [0.3, 0.4) is 0 Å². The Balaban J connectivity index is 1.43. The highest BCUT2D eigenvalue weighted by molar-refractivity contribution is 6.30. The summed E-state index contributed by atoms with van der Waals surface area (Å²) in [6, 6.07) is 18.4. The summed E-state index contributed by atoms with van der Waals surface area (Å²) in [7, 11) is 0. The normalized spacial score (nSPS) is 23.5. The van der Waals surface area contributed by atoms with E-state index in [1.807, 2.05) is 24.3 Å². The number of halogens is 1. The molecule has 2 aromatic carbocycles. The Morgan fingerprint density at radius 1 is 0.963 bits per heavy atom. The van der Waals surface area contributed by atoms with Crippen LogP contribution in [0.25, 0.3) is 0 Å². The molecule has 2 fully saturated rings. The molecule has 0 N–H and O–H groups in total. The van der Waals surface area contributed by atoms with Gasteiger partial charge in [0.25, 0.3) is 5.91 Å². The molecular weight excluding hydrogens is 356 g/mol. The van der Waals surface area contributed by atoms with E-state index in [1.54, 1.807) is 0 Å². The molecule has 2 atom stereocenters. The average molecular weight is 383 g/mol. The molecular formula is C23H27ClN2O. The van der Waals surface area contributed by atoms with Gasteiger partial charge in [0.2, 0.25) is 0 Å². The first kappa shape index (κ1) is 18.5. The average Bonchev–Trinajstić information content (AvgIpc) is 3.19. The maximum Gasteiger partial charge on any atom is 0.254 e. The molecule has 0 spiro atoms. The van der Waals surface area contributed by atoms with Crippen LogP contribution in [0.15, 0.2) is 54.6 Å². The van der Waals surface area contributed by atoms with Crippen LogP contribution in [0.2, 0.25) is 5.02 Å². The van der Waals surface area contributed by atoms with E-state index in [-0.39, 0.29) is 5.91 Å². The monoisotopic (exact) mass is 382 g/mol. The van der Waals surface area contributed by atoms with E-state index in [4.69, 9.17) is 11.6 Å². The summed E-state index contributed by atoms with van der Waals surface area (Å²) in [5.41, 5.74) is 2.13. The maximum absolute atomic E-state index is 13.1. The van der Waals surface area contributed by atoms with Crippen LogP contribution >= 0.6 is 11.6 Å². The van der Waals surface area contributed by atoms with E-state index in [0.29, 0.717) is 17.0 Å². The lowest BCUT2D eigenvalue weighted by Crippen LogP contribution is -2.46. The van der Waals surface area contributed by atoms with Gasteiger partial charge in [-0.15, -0.1) is 0 Å². The number of amides is 1. The zero-order valence-corrected chi connectivity index (χ0v) is 16.4. The van der Waals surface area contributed by atoms with Crippen molar-refractivity contribution >= 4 is 17.5 Å². The van der Waals surface area contributed by atoms with Crippen molar-refractivity contribution in [2.75, 3.05) is 19.6 Å². The first-order valence-corrected chi connectivity index (χ1v) is 10.4. The number of benzene rings is 2. The van der Waals surface area contributed by atoms with Crippen molar-refractivity contribution < 1.29 is 4.79 Å². The number of rotatable bonds is 4. The lowest BCUT2D eigenvalue weighted by Gasteiger charge is -2.39. The third kappa shape index (κ3) is 4.36. The largest absolute Gasteiger partial charge is 0.335 e. The summed E-state index contributed by atoms with van der Waals surface area (Å²) < 4.78 is 0. The molecule has 0 aromatic heterocycles. The fraction of sp³-hybridized carbons (Fsp3) is 0.435. The summed E-state index contributed by atoms with van der Waals surface area (Å²) in [6.45, 7) is 4.13. The van der Waals surface area contributed by atoms with E-state index < -0.39 is 0 Å². The van der Waals surface area contributed by atoms with Gasteiger partial charge in [-0.05, 0) is 68.0 Å². The summed E-state index contributed by atoms with van der Waals surface area (Å²) in [6.07, 6.45) is 4.68. The number of hydrogen-bond acceptors (Lipinski definition) is 2. The molecule has 0 saturated carbocycles. The Kier molecular flexibility index (Phi) is 5.80. The number of nitrogens with zero attached hydrogens (tertiary/aromatic N) is 2. The summed E-state index contributed by atoms with van der Waals surface area (Å²) >= 11 is 5.98. The second-order valence-electron chi connectivity index (χ2n) is 7.84. The third-order valence-electron chi connectivity index (χ3n) is 5.99. The van der Waals surface area contributed by atoms with Gasteiger partial charge in [0, 0.05) is 36.3 Å². The highest BCUT2D eigenvalue weighted by Crippen LogP contribution is 2.32. The molecule has 2 aromatic rings. The van der Waals surface area contributed by atoms with Crippen molar-refractivity contribution in [3.8, 4) is 0 Å². The van der Waals surface area contributed by atoms with E-state index in [1.165, 1.54) is 18.4 Å². The molecule has 2 saturated heterocycles. The van der Waals surface area contributed by atoms with Gasteiger partial charge in [-0.3, -0.25) is 9.69 Å². The van der Waals surface area contributed by atoms with Crippen LogP contribution in [0.4, 0.5) is 0 Å². The van der Waals surface area contributed by atoms with Crippen LogP contribution in [0, 0.1) is 5.92 Å². The van der Waals surface area contributed by atoms with Gasteiger partial charge >= 0.3 is 0 Å². The van der Waals surface area contributed by atoms with Gasteiger partial charge in [0.1, 0.15) is 0 Å². The second kappa shape index (κ2) is 8.45. The summed E-state index contributed by atoms with van der Waals surface area (Å²) in [5, 5.41) is 0.674. The van der Waals surface area contributed by atoms with Crippen LogP contribution in [-0.4, -0.2) is 41.4 Å². The van der Waals surface area contributed by atoms with Gasteiger partial charge < -0.3 is 4.90 Å². The molecule has 1 amide bonds. The van der Waals surface area contributed by atoms with Crippen LogP contribution < -0.4 is 0 Å². The predicted octanol–water partition coefficient (Wildman–Crippen LogP) is 4.86. The van der Waals surface area contributed by atoms with Crippen molar-refractivity contribution in [2.24, 2.45) is 5.92 Å². The highest BCUT2D eigenvalue weighted by Gasteiger charge is 2.37. The Morgan fingerprint density at radius 3 is 2.48 bits per heavy atom. The smallest absolute Gasteiger partial charge is 0.254 e. The molecule has 2 aliphatic heterocycles. The summed E-state index contributed by atoms with van der Waals surface area (Å²) in [5.74, 6) is 0.732. The van der Waals surface area contributed by atoms with E-state index in [9.17, 15) is 4.79 Å². The van der Waals surface area contributed by atoms with Gasteiger partial charge in [0.05, 0.1) is 0 Å². The zero-order chi connectivity index (χ0) is 18.6. The quantitative estimate of drug-likeness (QED) is 0.754. The topological polar surface area (TPSA) is 23.6 Å². The van der Waals surface area contributed by atoms with Gasteiger partial charge in [0.15, 0.2) is 0 Å². The minimum atomic E-state index is 0.161. The minimum Gasteiger partial charge on any atom is -0.335 e. The molecule has 2 heterocycles. The second-order valence-corrected chi connectivity index (χ2v) is 8.27. The molecule has 4 rings (SSSR count). The third-order valence-corrected chi connectivity index (χ3v) is 6.24. The molecule has 0 radical (unpaired) electrons. The van der Waals surface area contributed by atoms with Gasteiger partial charge in [-0.25, -0.2) is 0 Å². The first-order valence-electron chi connectivity index (χ1n) is 10.0. The standard InChI is InChI=1S/C23H27ClN2O/c24-21-12-10-19(11-13-21)23(27)26-15-5-9-22(26)20-8-4-14-25(17-20)16-18-6-2-1-3-7-18/h1-3,6-7,10-13,20,22H,4-5,8-9,14-17H2/t20-,22+/m1/s1. The zero-order valence-electron chi connectivity index (χ0n) is 15.7. The lowest BCUT2D eigenvalue weighted by atomic mass is 9.88. The molecule has 0 unspecified atom stereocenters. The number of piperidine rings is 1. The van der Waals surface area contributed by atoms with Crippen molar-refractivity contribution in [3.05, 3.63) is 70.7 Å². The van der Waals surface area contributed by atoms with E-state index in [2.05, 4.69) is 40.1 Å². The van der Waals surface area contributed by atoms with Crippen LogP contribution in [-0.2, 0) is 6.54 Å². The molecule has 3 nitrogen and oxygen atoms in total. The van der Waals surface area contributed by atoms with E-state index in [0.717, 1.165) is 44.6 Å². The Labute approximate surface area is 166 Å². The number of likely N-dealkylation sites (tertiary alicyclic amines) is 2. The predicted molar refractivity (Wildman–Crippen MR) is 110 cm³/mol. The van der Waals surface area contributed by atoms with Crippen molar-refractivity contribution in [1.82, 2.24) is 9.80 Å². The number of hydrogen-bond donors (Lipinski definition) is 0. The molecule has 0 bridgehead atoms.